The highest BCUT2D eigenvalue weighted by Crippen LogP contribution is 2.33. The van der Waals surface area contributed by atoms with Gasteiger partial charge in [0.25, 0.3) is 11.8 Å². The standard InChI is InChI=1S/C34H45N13O2/c1-43-18-20-45(21-19-43)13-7-23-49-34-30(28-9-3-5-15-47(28)42-34)39-32-26(36)24-25(35)31(40-32)38-29-27-8-2-4-14-46(27)41-33(29)48-22-6-12-44-16-10-37-11-17-44/h2-5,8-9,14-15,24,35,37H,6-7,10-13,16-23,36H2,1H3,(H,38,39,40). The average molecular weight is 668 g/mol. The Morgan fingerprint density at radius 1 is 0.857 bits per heavy atom. The van der Waals surface area contributed by atoms with Crippen molar-refractivity contribution in [1.29, 1.82) is 5.41 Å². The van der Waals surface area contributed by atoms with Gasteiger partial charge in [-0.05, 0) is 50.2 Å². The van der Waals surface area contributed by atoms with Gasteiger partial charge < -0.3 is 40.5 Å². The first kappa shape index (κ1) is 32.7. The molecule has 0 aliphatic carbocycles. The lowest BCUT2D eigenvalue weighted by Crippen LogP contribution is -2.44. The molecule has 7 rings (SSSR count). The number of likely N-dealkylation sites (N-methyl/N-ethyl adjacent to an activating group) is 1. The van der Waals surface area contributed by atoms with Gasteiger partial charge in [0.1, 0.15) is 5.69 Å². The van der Waals surface area contributed by atoms with Crippen LogP contribution in [0.2, 0.25) is 0 Å². The van der Waals surface area contributed by atoms with Crippen molar-refractivity contribution in [2.24, 2.45) is 15.7 Å². The molecule has 0 amide bonds. The smallest absolute Gasteiger partial charge is 0.260 e. The van der Waals surface area contributed by atoms with E-state index in [2.05, 4.69) is 42.6 Å². The summed E-state index contributed by atoms with van der Waals surface area (Å²) in [5, 5.41) is 24.8. The van der Waals surface area contributed by atoms with Crippen molar-refractivity contribution in [2.45, 2.75) is 12.8 Å². The van der Waals surface area contributed by atoms with E-state index in [0.29, 0.717) is 36.3 Å². The highest BCUT2D eigenvalue weighted by Gasteiger charge is 2.23. The minimum atomic E-state index is 0.122. The number of nitrogens with zero attached hydrogens (tertiary/aromatic N) is 9. The van der Waals surface area contributed by atoms with Crippen molar-refractivity contribution >= 4 is 39.8 Å². The van der Waals surface area contributed by atoms with Crippen molar-refractivity contribution in [2.75, 3.05) is 91.0 Å². The van der Waals surface area contributed by atoms with E-state index in [1.165, 1.54) is 0 Å². The molecule has 0 saturated carbocycles. The van der Waals surface area contributed by atoms with Gasteiger partial charge in [-0.2, -0.15) is 0 Å². The van der Waals surface area contributed by atoms with E-state index in [4.69, 9.17) is 30.6 Å². The van der Waals surface area contributed by atoms with E-state index in [1.807, 2.05) is 48.8 Å². The molecular weight excluding hydrogens is 622 g/mol. The van der Waals surface area contributed by atoms with Crippen LogP contribution in [-0.4, -0.2) is 137 Å². The Balaban J connectivity index is 1.10. The van der Waals surface area contributed by atoms with Crippen molar-refractivity contribution in [3.63, 3.8) is 0 Å². The first-order chi connectivity index (χ1) is 24.0. The van der Waals surface area contributed by atoms with E-state index >= 15 is 0 Å². The molecule has 4 aromatic heterocycles. The van der Waals surface area contributed by atoms with Crippen molar-refractivity contribution in [3.05, 3.63) is 60.6 Å². The molecule has 0 spiro atoms. The van der Waals surface area contributed by atoms with Gasteiger partial charge in [-0.15, -0.1) is 10.2 Å². The summed E-state index contributed by atoms with van der Waals surface area (Å²) in [7, 11) is 2.16. The van der Waals surface area contributed by atoms with Gasteiger partial charge in [0, 0.05) is 77.8 Å². The summed E-state index contributed by atoms with van der Waals surface area (Å²) in [6.45, 7) is 11.4. The molecule has 0 atom stereocenters. The van der Waals surface area contributed by atoms with Crippen LogP contribution in [0, 0.1) is 5.41 Å². The van der Waals surface area contributed by atoms with Crippen molar-refractivity contribution in [3.8, 4) is 11.8 Å². The number of fused-ring (bicyclic) bond motifs is 2. The zero-order chi connectivity index (χ0) is 33.6. The second kappa shape index (κ2) is 15.2. The van der Waals surface area contributed by atoms with E-state index in [0.717, 1.165) is 89.3 Å². The molecule has 0 unspecified atom stereocenters. The number of nitrogens with one attached hydrogen (secondary N) is 3. The molecule has 7 heterocycles. The molecule has 2 fully saturated rings. The van der Waals surface area contributed by atoms with E-state index in [-0.39, 0.29) is 23.1 Å². The van der Waals surface area contributed by atoms with Gasteiger partial charge in [0.05, 0.1) is 35.7 Å². The van der Waals surface area contributed by atoms with E-state index in [9.17, 15) is 0 Å². The fourth-order valence-electron chi connectivity index (χ4n) is 6.21. The SMILES string of the molecule is CN1CCN(CCCOc2nn3ccccc3c2N=C2N=C(Nc3c(OCCCN4CCNCC4)nn4ccccc34)C(=N)C=C2N)CC1. The number of rotatable bonds is 12. The van der Waals surface area contributed by atoms with Gasteiger partial charge in [-0.25, -0.2) is 19.0 Å². The number of amidine groups is 2. The first-order valence-corrected chi connectivity index (χ1v) is 17.1. The molecule has 4 aromatic rings. The molecule has 49 heavy (non-hydrogen) atoms. The summed E-state index contributed by atoms with van der Waals surface area (Å²) >= 11 is 0. The number of dihydropyridines is 1. The van der Waals surface area contributed by atoms with Crippen molar-refractivity contribution in [1.82, 2.24) is 39.2 Å². The molecule has 15 heteroatoms. The third kappa shape index (κ3) is 7.75. The summed E-state index contributed by atoms with van der Waals surface area (Å²) in [6.07, 6.45) is 7.03. The molecule has 0 aromatic carbocycles. The van der Waals surface area contributed by atoms with Crippen LogP contribution in [0.4, 0.5) is 11.4 Å². The summed E-state index contributed by atoms with van der Waals surface area (Å²) in [5.74, 6) is 1.39. The quantitative estimate of drug-likeness (QED) is 0.165. The first-order valence-electron chi connectivity index (χ1n) is 17.1. The van der Waals surface area contributed by atoms with E-state index < -0.39 is 0 Å². The molecule has 2 saturated heterocycles. The number of nitrogens with two attached hydrogens (primary N) is 1. The number of piperazine rings is 2. The number of aliphatic imine (C=N–C) groups is 2. The van der Waals surface area contributed by atoms with Crippen LogP contribution in [0.3, 0.4) is 0 Å². The second-order valence-corrected chi connectivity index (χ2v) is 12.6. The van der Waals surface area contributed by atoms with Crippen LogP contribution >= 0.6 is 0 Å². The predicted molar refractivity (Wildman–Crippen MR) is 192 cm³/mol. The Labute approximate surface area is 285 Å². The van der Waals surface area contributed by atoms with Crippen LogP contribution in [0.1, 0.15) is 12.8 Å². The van der Waals surface area contributed by atoms with Crippen LogP contribution in [-0.2, 0) is 0 Å². The monoisotopic (exact) mass is 667 g/mol. The maximum atomic E-state index is 8.73. The Kier molecular flexibility index (Phi) is 10.1. The van der Waals surface area contributed by atoms with Crippen LogP contribution < -0.4 is 25.8 Å². The van der Waals surface area contributed by atoms with Gasteiger partial charge in [0.15, 0.2) is 17.4 Å². The third-order valence-corrected chi connectivity index (χ3v) is 9.00. The highest BCUT2D eigenvalue weighted by atomic mass is 16.5. The van der Waals surface area contributed by atoms with Gasteiger partial charge in [-0.1, -0.05) is 12.1 Å². The Morgan fingerprint density at radius 3 is 2.22 bits per heavy atom. The summed E-state index contributed by atoms with van der Waals surface area (Å²) in [4.78, 5) is 16.9. The van der Waals surface area contributed by atoms with Gasteiger partial charge >= 0.3 is 0 Å². The average Bonchev–Trinajstić information content (AvgIpc) is 3.65. The topological polar surface area (TPSA) is 161 Å². The normalized spacial score (nSPS) is 19.0. The Bertz CT molecular complexity index is 1860. The number of anilines is 1. The van der Waals surface area contributed by atoms with Gasteiger partial charge in [-0.3, -0.25) is 5.41 Å². The van der Waals surface area contributed by atoms with Crippen LogP contribution in [0.5, 0.6) is 11.8 Å². The van der Waals surface area contributed by atoms with Gasteiger partial charge in [0.2, 0.25) is 0 Å². The second-order valence-electron chi connectivity index (χ2n) is 12.6. The highest BCUT2D eigenvalue weighted by molar-refractivity contribution is 6.52. The number of hydrogen-bond donors (Lipinski definition) is 4. The molecule has 3 aliphatic rings. The largest absolute Gasteiger partial charge is 0.475 e. The zero-order valence-corrected chi connectivity index (χ0v) is 28.0. The Hall–Kier alpha value is -4.83. The maximum Gasteiger partial charge on any atom is 0.260 e. The fraction of sp³-hybridized carbons (Fsp3) is 0.441. The lowest BCUT2D eigenvalue weighted by molar-refractivity contribution is 0.145. The Morgan fingerprint density at radius 2 is 1.49 bits per heavy atom. The maximum absolute atomic E-state index is 8.73. The molecule has 5 N–H and O–H groups in total. The van der Waals surface area contributed by atoms with Crippen LogP contribution in [0.15, 0.2) is 70.5 Å². The molecule has 15 nitrogen and oxygen atoms in total. The minimum absolute atomic E-state index is 0.122. The molecular formula is C34H45N13O2. The van der Waals surface area contributed by atoms with Crippen molar-refractivity contribution < 1.29 is 9.47 Å². The number of pyridine rings is 2. The number of ether oxygens (including phenoxy) is 2. The fourth-order valence-corrected chi connectivity index (χ4v) is 6.21. The predicted octanol–water partition coefficient (Wildman–Crippen LogP) is 2.09. The molecule has 0 bridgehead atoms. The van der Waals surface area contributed by atoms with E-state index in [1.54, 1.807) is 15.1 Å². The summed E-state index contributed by atoms with van der Waals surface area (Å²) in [5.41, 5.74) is 9.54. The van der Waals surface area contributed by atoms with Crippen LogP contribution in [0.25, 0.3) is 11.0 Å². The lowest BCUT2D eigenvalue weighted by Gasteiger charge is -2.32. The number of hydrogen-bond acceptors (Lipinski definition) is 12. The number of aromatic nitrogens is 4. The summed E-state index contributed by atoms with van der Waals surface area (Å²) in [6, 6.07) is 11.6. The molecule has 0 radical (unpaired) electrons. The lowest BCUT2D eigenvalue weighted by atomic mass is 10.2. The molecule has 3 aliphatic heterocycles. The summed E-state index contributed by atoms with van der Waals surface area (Å²) < 4.78 is 15.9. The minimum Gasteiger partial charge on any atom is -0.475 e. The molecule has 258 valence electrons. The zero-order valence-electron chi connectivity index (χ0n) is 28.0. The third-order valence-electron chi connectivity index (χ3n) is 9.00.